The maximum absolute atomic E-state index is 11.3. The molecule has 4 heteroatoms. The van der Waals surface area contributed by atoms with Crippen LogP contribution in [-0.2, 0) is 16.6 Å². The number of nitroso groups, excluding NO2 is 1. The van der Waals surface area contributed by atoms with Gasteiger partial charge in [-0.2, -0.15) is 0 Å². The van der Waals surface area contributed by atoms with Crippen LogP contribution >= 0.6 is 0 Å². The number of benzene rings is 1. The van der Waals surface area contributed by atoms with E-state index in [0.717, 1.165) is 5.56 Å². The van der Waals surface area contributed by atoms with Gasteiger partial charge in [-0.3, -0.25) is 0 Å². The van der Waals surface area contributed by atoms with Gasteiger partial charge in [0.2, 0.25) is 0 Å². The lowest BCUT2D eigenvalue weighted by molar-refractivity contribution is 0.587. The van der Waals surface area contributed by atoms with Crippen LogP contribution in [0.15, 0.2) is 28.3 Å². The molecule has 0 radical (unpaired) electrons. The average molecular weight is 225 g/mol. The maximum Gasteiger partial charge on any atom is 0.181 e. The standard InChI is InChI=1S/C11H15NO2S/c1-11(2,3)8-5-6-10(15(4)14)9(7-8)12-13/h5-7H,1-4H3. The number of nitrogens with zero attached hydrogens (tertiary/aromatic N) is 1. The molecular formula is C11H15NO2S. The van der Waals surface area contributed by atoms with Crippen LogP contribution in [0.3, 0.4) is 0 Å². The first-order valence-corrected chi connectivity index (χ1v) is 6.23. The highest BCUT2D eigenvalue weighted by Crippen LogP contribution is 2.30. The summed E-state index contributed by atoms with van der Waals surface area (Å²) in [5.41, 5.74) is 1.27. The van der Waals surface area contributed by atoms with Crippen molar-refractivity contribution < 1.29 is 4.55 Å². The average Bonchev–Trinajstić information content (AvgIpc) is 2.15. The Morgan fingerprint density at radius 2 is 1.93 bits per heavy atom. The van der Waals surface area contributed by atoms with Gasteiger partial charge in [-0.1, -0.05) is 26.8 Å². The van der Waals surface area contributed by atoms with Crippen LogP contribution in [-0.4, -0.2) is 10.8 Å². The molecule has 82 valence electrons. The molecule has 0 aliphatic carbocycles. The smallest absolute Gasteiger partial charge is 0.181 e. The maximum atomic E-state index is 11.3. The third-order valence-corrected chi connectivity index (χ3v) is 3.20. The summed E-state index contributed by atoms with van der Waals surface area (Å²) in [6.45, 7) is 6.17. The van der Waals surface area contributed by atoms with Crippen molar-refractivity contribution in [3.63, 3.8) is 0 Å². The van der Waals surface area contributed by atoms with E-state index >= 15 is 0 Å². The first-order chi connectivity index (χ1) is 6.86. The minimum Gasteiger partial charge on any atom is -0.612 e. The SMILES string of the molecule is C[S+]([O-])c1ccc(C(C)(C)C)cc1N=O. The summed E-state index contributed by atoms with van der Waals surface area (Å²) in [5.74, 6) is 0. The van der Waals surface area contributed by atoms with E-state index in [0.29, 0.717) is 4.90 Å². The molecule has 0 N–H and O–H groups in total. The second-order valence-corrected chi connectivity index (χ2v) is 5.83. The molecule has 0 aliphatic heterocycles. The molecule has 1 rings (SSSR count). The Hall–Kier alpha value is -0.870. The first-order valence-electron chi connectivity index (χ1n) is 4.67. The summed E-state index contributed by atoms with van der Waals surface area (Å²) < 4.78 is 11.3. The quantitative estimate of drug-likeness (QED) is 0.573. The van der Waals surface area contributed by atoms with Crippen LogP contribution < -0.4 is 0 Å². The van der Waals surface area contributed by atoms with Crippen LogP contribution in [0.25, 0.3) is 0 Å². The highest BCUT2D eigenvalue weighted by molar-refractivity contribution is 7.90. The largest absolute Gasteiger partial charge is 0.612 e. The Morgan fingerprint density at radius 1 is 1.33 bits per heavy atom. The van der Waals surface area contributed by atoms with Crippen LogP contribution in [0.1, 0.15) is 26.3 Å². The Bertz CT molecular complexity index is 369. The molecule has 15 heavy (non-hydrogen) atoms. The van der Waals surface area contributed by atoms with Crippen LogP contribution in [0.2, 0.25) is 0 Å². The molecule has 1 aromatic carbocycles. The molecule has 0 fully saturated rings. The predicted octanol–water partition coefficient (Wildman–Crippen LogP) is 3.12. The lowest BCUT2D eigenvalue weighted by atomic mass is 9.87. The summed E-state index contributed by atoms with van der Waals surface area (Å²) >= 11 is -1.17. The van der Waals surface area contributed by atoms with E-state index in [1.165, 1.54) is 0 Å². The molecule has 1 unspecified atom stereocenters. The second kappa shape index (κ2) is 4.33. The molecule has 0 saturated carbocycles. The van der Waals surface area contributed by atoms with E-state index in [1.54, 1.807) is 18.4 Å². The van der Waals surface area contributed by atoms with Crippen molar-refractivity contribution in [2.75, 3.05) is 6.26 Å². The van der Waals surface area contributed by atoms with Crippen molar-refractivity contribution in [1.82, 2.24) is 0 Å². The van der Waals surface area contributed by atoms with Gasteiger partial charge in [0, 0.05) is 0 Å². The molecule has 1 atom stereocenters. The number of rotatable bonds is 2. The fourth-order valence-corrected chi connectivity index (χ4v) is 1.95. The summed E-state index contributed by atoms with van der Waals surface area (Å²) in [4.78, 5) is 11.1. The molecule has 1 aromatic rings. The summed E-state index contributed by atoms with van der Waals surface area (Å²) in [7, 11) is 0. The molecule has 0 amide bonds. The van der Waals surface area contributed by atoms with Crippen molar-refractivity contribution in [3.05, 3.63) is 28.7 Å². The summed E-state index contributed by atoms with van der Waals surface area (Å²) in [6.07, 6.45) is 1.54. The fourth-order valence-electron chi connectivity index (χ4n) is 1.30. The molecule has 0 aromatic heterocycles. The van der Waals surface area contributed by atoms with Crippen LogP contribution in [0, 0.1) is 4.91 Å². The zero-order valence-corrected chi connectivity index (χ0v) is 10.2. The van der Waals surface area contributed by atoms with Gasteiger partial charge < -0.3 is 4.55 Å². The molecule has 0 aliphatic rings. The van der Waals surface area contributed by atoms with E-state index in [1.807, 2.05) is 6.07 Å². The van der Waals surface area contributed by atoms with Crippen molar-refractivity contribution >= 4 is 16.9 Å². The van der Waals surface area contributed by atoms with E-state index in [9.17, 15) is 9.46 Å². The Balaban J connectivity index is 3.25. The molecular weight excluding hydrogens is 210 g/mol. The van der Waals surface area contributed by atoms with Crippen molar-refractivity contribution in [1.29, 1.82) is 0 Å². The molecule has 0 spiro atoms. The Labute approximate surface area is 93.0 Å². The minimum atomic E-state index is -1.17. The van der Waals surface area contributed by atoms with Gasteiger partial charge in [0.05, 0.1) is 0 Å². The number of hydrogen-bond acceptors (Lipinski definition) is 3. The predicted molar refractivity (Wildman–Crippen MR) is 62.9 cm³/mol. The molecule has 0 bridgehead atoms. The third kappa shape index (κ3) is 2.79. The zero-order chi connectivity index (χ0) is 11.6. The van der Waals surface area contributed by atoms with Gasteiger partial charge >= 0.3 is 0 Å². The fraction of sp³-hybridized carbons (Fsp3) is 0.455. The molecule has 0 saturated heterocycles. The summed E-state index contributed by atoms with van der Waals surface area (Å²) in [6, 6.07) is 5.32. The highest BCUT2D eigenvalue weighted by Gasteiger charge is 2.19. The van der Waals surface area contributed by atoms with Gasteiger partial charge in [0.15, 0.2) is 10.6 Å². The summed E-state index contributed by atoms with van der Waals surface area (Å²) in [5, 5.41) is 2.92. The second-order valence-electron chi connectivity index (χ2n) is 4.48. The van der Waals surface area contributed by atoms with Crippen LogP contribution in [0.5, 0.6) is 0 Å². The lowest BCUT2D eigenvalue weighted by Gasteiger charge is -2.19. The van der Waals surface area contributed by atoms with E-state index < -0.39 is 11.2 Å². The van der Waals surface area contributed by atoms with Crippen molar-refractivity contribution in [2.45, 2.75) is 31.1 Å². The Morgan fingerprint density at radius 3 is 2.33 bits per heavy atom. The van der Waals surface area contributed by atoms with Gasteiger partial charge in [-0.05, 0) is 39.5 Å². The monoisotopic (exact) mass is 225 g/mol. The van der Waals surface area contributed by atoms with Gasteiger partial charge in [0.25, 0.3) is 0 Å². The minimum absolute atomic E-state index is 0.0345. The van der Waals surface area contributed by atoms with Gasteiger partial charge in [-0.15, -0.1) is 4.91 Å². The number of hydrogen-bond donors (Lipinski definition) is 0. The topological polar surface area (TPSA) is 52.5 Å². The van der Waals surface area contributed by atoms with Crippen LogP contribution in [0.4, 0.5) is 5.69 Å². The molecule has 0 heterocycles. The third-order valence-electron chi connectivity index (χ3n) is 2.23. The van der Waals surface area contributed by atoms with E-state index in [2.05, 4.69) is 25.9 Å². The van der Waals surface area contributed by atoms with Crippen molar-refractivity contribution in [3.8, 4) is 0 Å². The van der Waals surface area contributed by atoms with E-state index in [-0.39, 0.29) is 11.1 Å². The van der Waals surface area contributed by atoms with Gasteiger partial charge in [-0.25, -0.2) is 0 Å². The van der Waals surface area contributed by atoms with E-state index in [4.69, 9.17) is 0 Å². The lowest BCUT2D eigenvalue weighted by Crippen LogP contribution is -2.11. The van der Waals surface area contributed by atoms with Crippen molar-refractivity contribution in [2.24, 2.45) is 5.18 Å². The molecule has 3 nitrogen and oxygen atoms in total. The normalized spacial score (nSPS) is 13.7. The first kappa shape index (κ1) is 12.2. The van der Waals surface area contributed by atoms with Gasteiger partial charge in [0.1, 0.15) is 6.26 Å². The highest BCUT2D eigenvalue weighted by atomic mass is 32.2. The zero-order valence-electron chi connectivity index (χ0n) is 9.40. The Kier molecular flexibility index (Phi) is 3.52.